The Hall–Kier alpha value is -9.31. The molecule has 132 heavy (non-hydrogen) atoms. The van der Waals surface area contributed by atoms with E-state index in [0.29, 0.717) is 5.82 Å². The quantitative estimate of drug-likeness (QED) is 0.129. The number of aryl methyl sites for hydroxylation is 9. The number of hydrogen-bond donors (Lipinski definition) is 3. The lowest BCUT2D eigenvalue weighted by atomic mass is 10.2. The monoisotopic (exact) mass is 1890 g/mol. The van der Waals surface area contributed by atoms with Crippen LogP contribution < -0.4 is 5.32 Å². The number of hydrogen-bond acceptors (Lipinski definition) is 23. The van der Waals surface area contributed by atoms with Crippen LogP contribution in [0.3, 0.4) is 0 Å². The summed E-state index contributed by atoms with van der Waals surface area (Å²) in [7, 11) is 9.23. The van der Waals surface area contributed by atoms with Gasteiger partial charge in [-0.1, -0.05) is 395 Å². The summed E-state index contributed by atoms with van der Waals surface area (Å²) in [4.78, 5) is 41.3. The minimum Gasteiger partial charge on any atom is -0.379 e. The Kier molecular flexibility index (Phi) is 391. The number of aliphatic hydroxyl groups is 1. The Morgan fingerprint density at radius 1 is 0.341 bits per heavy atom. The molecule has 1 aliphatic rings. The van der Waals surface area contributed by atoms with E-state index in [1.165, 1.54) is 49.0 Å². The van der Waals surface area contributed by atoms with E-state index in [1.54, 1.807) is 148 Å². The molecule has 10 aromatic heterocycles. The van der Waals surface area contributed by atoms with Crippen molar-refractivity contribution in [1.29, 1.82) is 0 Å². The normalized spacial score (nSPS) is 7.52. The number of aromatic amines is 1. The predicted molar refractivity (Wildman–Crippen MR) is 602 cm³/mol. The van der Waals surface area contributed by atoms with Crippen LogP contribution in [0.1, 0.15) is 407 Å². The largest absolute Gasteiger partial charge is 0.379 e. The first-order chi connectivity index (χ1) is 64.7. The molecule has 26 nitrogen and oxygen atoms in total. The Morgan fingerprint density at radius 2 is 0.667 bits per heavy atom. The standard InChI is InChI=1S/C7H8.C6H9N3.C5H11N.C5H5N.C4H7N3.C4H6N2.3C4H4N2.C4H11NO.C3H6N4.C3H3NS.C2H3N3.25C2H6/c1-7-5-3-2-4-6-7;1-4-7-5(2)9-6(3)8-4;2*1-2-4-6-5-3-1;1-4-6-5-3-7(4)2;1-6-3-2-5-4-6;1-2-6-4-3-5-1;1-2-5-4-6-3-1;1-2-4-6-5-3-1;1-4(6)5(2)3;1-3-4-6-7(2)5-3;1-2-5-3-4-1;1-2-4-5-3-1;25*1-2/h2-6H,1H3;1-3H3;6H,1-5H2;1-5H;3H,1-2H3;2-4H,1H3;3*1-4H;4,6H,1-3H3;1-2H3;1-3H;1-2H,(H,3,4,5);25*1-2H3. The lowest BCUT2D eigenvalue weighted by molar-refractivity contribution is 0.0578. The zero-order valence-electron chi connectivity index (χ0n) is 99.2. The second kappa shape index (κ2) is 266. The number of piperidine rings is 1. The van der Waals surface area contributed by atoms with E-state index in [0.717, 1.165) is 23.3 Å². The fourth-order valence-corrected chi connectivity index (χ4v) is 4.93. The summed E-state index contributed by atoms with van der Waals surface area (Å²) in [5, 5.41) is 48.5. The van der Waals surface area contributed by atoms with Gasteiger partial charge < -0.3 is 19.6 Å². The molecule has 11 heterocycles. The van der Waals surface area contributed by atoms with E-state index in [4.69, 9.17) is 5.11 Å². The molecular formula is C105H231N25OS. The molecule has 3 N–H and O–H groups in total. The first-order valence-electron chi connectivity index (χ1n) is 50.4. The van der Waals surface area contributed by atoms with E-state index >= 15 is 0 Å². The smallest absolute Gasteiger partial charge is 0.171 e. The summed E-state index contributed by atoms with van der Waals surface area (Å²) < 4.78 is 3.75. The number of nitrogens with zero attached hydrogens (tertiary/aromatic N) is 23. The molecule has 1 saturated heterocycles. The maximum Gasteiger partial charge on any atom is 0.171 e. The Bertz CT molecular complexity index is 2490. The number of aliphatic hydroxyl groups excluding tert-OH is 1. The molecule has 1 aliphatic heterocycles. The van der Waals surface area contributed by atoms with Gasteiger partial charge in [-0.05, 0) is 124 Å². The number of benzene rings is 1. The number of aromatic nitrogens is 23. The summed E-state index contributed by atoms with van der Waals surface area (Å²) in [6, 6.07) is 21.4. The summed E-state index contributed by atoms with van der Waals surface area (Å²) >= 11 is 1.60. The highest BCUT2D eigenvalue weighted by atomic mass is 32.1. The fraction of sp³-hybridized carbons (Fsp3) is 0.648. The molecule has 11 aromatic rings. The second-order valence-electron chi connectivity index (χ2n) is 16.2. The molecule has 0 radical (unpaired) electrons. The van der Waals surface area contributed by atoms with Crippen LogP contribution in [-0.2, 0) is 21.1 Å². The minimum atomic E-state index is -0.315. The minimum absolute atomic E-state index is 0.315. The number of rotatable bonds is 1. The lowest BCUT2D eigenvalue weighted by Gasteiger charge is -2.11. The zero-order valence-corrected chi connectivity index (χ0v) is 100.0. The third-order valence-electron chi connectivity index (χ3n) is 8.73. The van der Waals surface area contributed by atoms with Crippen LogP contribution in [0.25, 0.3) is 0 Å². The van der Waals surface area contributed by atoms with Crippen LogP contribution >= 0.6 is 11.3 Å². The van der Waals surface area contributed by atoms with Gasteiger partial charge in [0.2, 0.25) is 0 Å². The van der Waals surface area contributed by atoms with Gasteiger partial charge in [-0.3, -0.25) is 24.8 Å². The molecule has 788 valence electrons. The van der Waals surface area contributed by atoms with E-state index in [2.05, 4.69) is 125 Å². The van der Waals surface area contributed by atoms with Crippen molar-refractivity contribution >= 4 is 11.3 Å². The Morgan fingerprint density at radius 3 is 0.773 bits per heavy atom. The van der Waals surface area contributed by atoms with Gasteiger partial charge in [0.15, 0.2) is 5.82 Å². The van der Waals surface area contributed by atoms with Gasteiger partial charge in [-0.2, -0.15) is 30.4 Å². The number of H-pyrrole nitrogens is 1. The molecule has 1 unspecified atom stereocenters. The molecule has 0 saturated carbocycles. The van der Waals surface area contributed by atoms with Crippen molar-refractivity contribution in [2.24, 2.45) is 21.1 Å². The van der Waals surface area contributed by atoms with Gasteiger partial charge in [0.1, 0.15) is 42.2 Å². The summed E-state index contributed by atoms with van der Waals surface area (Å²) in [6.45, 7) is 116. The van der Waals surface area contributed by atoms with E-state index in [9.17, 15) is 0 Å². The van der Waals surface area contributed by atoms with Gasteiger partial charge in [-0.15, -0.1) is 31.7 Å². The van der Waals surface area contributed by atoms with E-state index in [-0.39, 0.29) is 6.23 Å². The lowest BCUT2D eigenvalue weighted by Crippen LogP contribution is -2.23. The molecular weight excluding hydrogens is 1660 g/mol. The molecule has 12 rings (SSSR count). The van der Waals surface area contributed by atoms with Crippen LogP contribution in [0.2, 0.25) is 0 Å². The molecule has 27 heteroatoms. The number of imidazole rings is 1. The van der Waals surface area contributed by atoms with Crippen molar-refractivity contribution in [2.45, 2.75) is 420 Å². The number of nitrogens with one attached hydrogen (secondary N) is 2. The van der Waals surface area contributed by atoms with Gasteiger partial charge in [-0.25, -0.2) is 29.9 Å². The maximum atomic E-state index is 8.56. The van der Waals surface area contributed by atoms with Crippen molar-refractivity contribution in [3.05, 3.63) is 224 Å². The predicted octanol–water partition coefficient (Wildman–Crippen LogP) is 32.6. The number of pyridine rings is 1. The van der Waals surface area contributed by atoms with Crippen LogP contribution in [0.15, 0.2) is 190 Å². The maximum absolute atomic E-state index is 8.56. The zero-order chi connectivity index (χ0) is 110. The van der Waals surface area contributed by atoms with E-state index in [1.807, 2.05) is 471 Å². The molecule has 0 aliphatic carbocycles. The van der Waals surface area contributed by atoms with Crippen molar-refractivity contribution in [2.75, 3.05) is 27.2 Å². The number of tetrazole rings is 1. The highest BCUT2D eigenvalue weighted by Gasteiger charge is 1.94. The van der Waals surface area contributed by atoms with Crippen molar-refractivity contribution in [3.63, 3.8) is 0 Å². The van der Waals surface area contributed by atoms with Crippen molar-refractivity contribution in [1.82, 2.24) is 125 Å². The van der Waals surface area contributed by atoms with Crippen LogP contribution in [0, 0.1) is 41.5 Å². The number of thiazole rings is 1. The third kappa shape index (κ3) is 266. The molecule has 1 aromatic carbocycles. The topological polar surface area (TPSA) is 311 Å². The molecule has 0 amide bonds. The SMILES string of the molecule is C1CCNCC1.CC.CC.CC.CC.CC.CC.CC.CC.CC.CC.CC.CC.CC.CC.CC.CC.CC.CC.CC.CC.CC.CC.CC.CC.CC.CC(O)N(C)C.Cc1ccccc1.Cc1nc(C)nc(C)n1.Cc1nncn1C.Cc1nnn(C)n1.Cn1ccnc1.c1ccncc1.c1ccnnc1.c1cn[nH]n1.c1cnccn1.c1cncnc1.c1cscn1. The first kappa shape index (κ1) is 194. The molecule has 0 bridgehead atoms. The van der Waals surface area contributed by atoms with Gasteiger partial charge in [0, 0.05) is 100 Å². The average molecular weight is 1890 g/mol. The highest BCUT2D eigenvalue weighted by molar-refractivity contribution is 7.07. The van der Waals surface area contributed by atoms with Gasteiger partial charge >= 0.3 is 0 Å². The van der Waals surface area contributed by atoms with Crippen LogP contribution in [0.5, 0.6) is 0 Å². The Labute approximate surface area is 829 Å². The van der Waals surface area contributed by atoms with Gasteiger partial charge in [0.25, 0.3) is 0 Å². The fourth-order valence-electron chi connectivity index (χ4n) is 4.57. The molecule has 1 atom stereocenters. The third-order valence-corrected chi connectivity index (χ3v) is 9.25. The summed E-state index contributed by atoms with van der Waals surface area (Å²) in [5.74, 6) is 4.03. The van der Waals surface area contributed by atoms with Crippen LogP contribution in [0.4, 0.5) is 0 Å². The van der Waals surface area contributed by atoms with Crippen molar-refractivity contribution in [3.8, 4) is 0 Å². The second-order valence-corrected chi connectivity index (χ2v) is 16.9. The molecule has 1 fully saturated rings. The summed E-state index contributed by atoms with van der Waals surface area (Å²) in [6.07, 6.45) is 34.1. The summed E-state index contributed by atoms with van der Waals surface area (Å²) in [5.41, 5.74) is 3.11. The van der Waals surface area contributed by atoms with E-state index < -0.39 is 0 Å². The molecule has 0 spiro atoms. The average Bonchev–Trinajstić information content (AvgIpc) is 1.30. The van der Waals surface area contributed by atoms with Crippen molar-refractivity contribution < 1.29 is 5.11 Å². The highest BCUT2D eigenvalue weighted by Crippen LogP contribution is 1.97. The van der Waals surface area contributed by atoms with Gasteiger partial charge in [0.05, 0.1) is 31.3 Å². The first-order valence-corrected chi connectivity index (χ1v) is 51.4. The van der Waals surface area contributed by atoms with Crippen LogP contribution in [-0.4, -0.2) is 158 Å². The Balaban J connectivity index is -0.0000000370.